The van der Waals surface area contributed by atoms with Gasteiger partial charge in [0.25, 0.3) is 0 Å². The van der Waals surface area contributed by atoms with Gasteiger partial charge in [-0.15, -0.1) is 0 Å². The fourth-order valence-corrected chi connectivity index (χ4v) is 1.54. The summed E-state index contributed by atoms with van der Waals surface area (Å²) in [5.41, 5.74) is -0.151. The van der Waals surface area contributed by atoms with Gasteiger partial charge in [-0.25, -0.2) is 4.79 Å². The Morgan fingerprint density at radius 2 is 2.17 bits per heavy atom. The van der Waals surface area contributed by atoms with Crippen LogP contribution < -0.4 is 9.63 Å². The van der Waals surface area contributed by atoms with Gasteiger partial charge < -0.3 is 14.8 Å². The summed E-state index contributed by atoms with van der Waals surface area (Å²) in [6, 6.07) is 1.36. The molecular weight excluding hydrogens is 260 g/mol. The number of aromatic nitrogens is 1. The number of carbonyl (C=O) groups excluding carboxylic acids is 2. The SMILES string of the molecule is CCOC(=O)c1c(N(C)C(C)=O)cc(Cl)c[n+]1[O-]. The summed E-state index contributed by atoms with van der Waals surface area (Å²) in [5.74, 6) is -1.13. The van der Waals surface area contributed by atoms with Crippen LogP contribution in [0.1, 0.15) is 24.3 Å². The van der Waals surface area contributed by atoms with Crippen LogP contribution >= 0.6 is 11.6 Å². The van der Waals surface area contributed by atoms with Crippen LogP contribution in [0.5, 0.6) is 0 Å². The highest BCUT2D eigenvalue weighted by Gasteiger charge is 2.27. The molecule has 0 saturated carbocycles. The third-order valence-electron chi connectivity index (χ3n) is 2.28. The van der Waals surface area contributed by atoms with Crippen molar-refractivity contribution in [2.45, 2.75) is 13.8 Å². The molecule has 0 radical (unpaired) electrons. The highest BCUT2D eigenvalue weighted by Crippen LogP contribution is 2.21. The third-order valence-corrected chi connectivity index (χ3v) is 2.49. The molecule has 18 heavy (non-hydrogen) atoms. The molecule has 98 valence electrons. The van der Waals surface area contributed by atoms with Crippen molar-refractivity contribution in [3.8, 4) is 0 Å². The Balaban J connectivity index is 3.38. The lowest BCUT2D eigenvalue weighted by Gasteiger charge is -2.17. The van der Waals surface area contributed by atoms with E-state index in [1.807, 2.05) is 0 Å². The minimum atomic E-state index is -0.799. The van der Waals surface area contributed by atoms with Gasteiger partial charge >= 0.3 is 11.7 Å². The van der Waals surface area contributed by atoms with Gasteiger partial charge in [0.1, 0.15) is 10.7 Å². The second kappa shape index (κ2) is 5.68. The minimum absolute atomic E-state index is 0.114. The molecule has 0 aliphatic rings. The third kappa shape index (κ3) is 2.89. The Hall–Kier alpha value is -1.82. The number of rotatable bonds is 3. The molecule has 0 fully saturated rings. The number of hydrogen-bond acceptors (Lipinski definition) is 4. The molecule has 0 saturated heterocycles. The van der Waals surface area contributed by atoms with Crippen LogP contribution in [0.3, 0.4) is 0 Å². The molecule has 0 aromatic carbocycles. The van der Waals surface area contributed by atoms with Gasteiger partial charge in [0.15, 0.2) is 6.20 Å². The van der Waals surface area contributed by atoms with Gasteiger partial charge in [-0.3, -0.25) is 4.79 Å². The lowest BCUT2D eigenvalue weighted by atomic mass is 10.2. The summed E-state index contributed by atoms with van der Waals surface area (Å²) in [7, 11) is 1.44. The van der Waals surface area contributed by atoms with E-state index in [-0.39, 0.29) is 28.9 Å². The van der Waals surface area contributed by atoms with Crippen molar-refractivity contribution in [3.05, 3.63) is 28.2 Å². The summed E-state index contributed by atoms with van der Waals surface area (Å²) in [6.07, 6.45) is 1.03. The van der Waals surface area contributed by atoms with E-state index in [0.717, 1.165) is 11.1 Å². The first kappa shape index (κ1) is 14.2. The Kier molecular flexibility index (Phi) is 4.49. The molecule has 0 bridgehead atoms. The van der Waals surface area contributed by atoms with Gasteiger partial charge in [-0.05, 0) is 13.0 Å². The zero-order chi connectivity index (χ0) is 13.9. The number of hydrogen-bond donors (Lipinski definition) is 0. The van der Waals surface area contributed by atoms with E-state index >= 15 is 0 Å². The van der Waals surface area contributed by atoms with Crippen LogP contribution in [0.15, 0.2) is 12.3 Å². The first-order valence-corrected chi connectivity index (χ1v) is 5.60. The van der Waals surface area contributed by atoms with Crippen LogP contribution in [-0.4, -0.2) is 25.5 Å². The molecule has 0 spiro atoms. The quantitative estimate of drug-likeness (QED) is 0.470. The Morgan fingerprint density at radius 1 is 1.56 bits per heavy atom. The van der Waals surface area contributed by atoms with Gasteiger partial charge in [0, 0.05) is 14.0 Å². The minimum Gasteiger partial charge on any atom is -0.618 e. The lowest BCUT2D eigenvalue weighted by molar-refractivity contribution is -0.607. The zero-order valence-corrected chi connectivity index (χ0v) is 11.0. The monoisotopic (exact) mass is 272 g/mol. The lowest BCUT2D eigenvalue weighted by Crippen LogP contribution is -2.39. The van der Waals surface area contributed by atoms with E-state index in [9.17, 15) is 14.8 Å². The van der Waals surface area contributed by atoms with Crippen LogP contribution in [0.4, 0.5) is 5.69 Å². The van der Waals surface area contributed by atoms with E-state index in [1.165, 1.54) is 20.0 Å². The average Bonchev–Trinajstić information content (AvgIpc) is 2.26. The predicted octanol–water partition coefficient (Wildman–Crippen LogP) is 1.13. The molecule has 0 atom stereocenters. The van der Waals surface area contributed by atoms with Crippen molar-refractivity contribution in [2.75, 3.05) is 18.6 Å². The first-order valence-electron chi connectivity index (χ1n) is 5.22. The van der Waals surface area contributed by atoms with Gasteiger partial charge in [-0.1, -0.05) is 11.6 Å². The molecule has 0 unspecified atom stereocenters. The van der Waals surface area contributed by atoms with Crippen molar-refractivity contribution in [1.29, 1.82) is 0 Å². The van der Waals surface area contributed by atoms with Gasteiger partial charge in [0.05, 0.1) is 6.61 Å². The molecule has 1 heterocycles. The van der Waals surface area contributed by atoms with Gasteiger partial charge in [0.2, 0.25) is 5.91 Å². The molecule has 1 amide bonds. The fourth-order valence-electron chi connectivity index (χ4n) is 1.34. The number of pyridine rings is 1. The molecule has 0 aliphatic heterocycles. The molecular formula is C11H13ClN2O4. The largest absolute Gasteiger partial charge is 0.618 e. The van der Waals surface area contributed by atoms with Crippen LogP contribution in [0.2, 0.25) is 5.02 Å². The highest BCUT2D eigenvalue weighted by molar-refractivity contribution is 6.30. The molecule has 1 aromatic rings. The summed E-state index contributed by atoms with van der Waals surface area (Å²) >= 11 is 5.74. The second-order valence-corrected chi connectivity index (χ2v) is 3.95. The molecule has 6 nitrogen and oxygen atoms in total. The van der Waals surface area contributed by atoms with E-state index in [4.69, 9.17) is 16.3 Å². The van der Waals surface area contributed by atoms with E-state index in [0.29, 0.717) is 4.73 Å². The van der Waals surface area contributed by atoms with E-state index in [1.54, 1.807) is 6.92 Å². The number of nitrogens with zero attached hydrogens (tertiary/aromatic N) is 2. The maximum Gasteiger partial charge on any atom is 0.407 e. The van der Waals surface area contributed by atoms with Crippen molar-refractivity contribution in [3.63, 3.8) is 0 Å². The number of anilines is 1. The predicted molar refractivity (Wildman–Crippen MR) is 65.5 cm³/mol. The van der Waals surface area contributed by atoms with Gasteiger partial charge in [-0.2, -0.15) is 4.73 Å². The summed E-state index contributed by atoms with van der Waals surface area (Å²) in [6.45, 7) is 3.06. The molecule has 1 rings (SSSR count). The number of esters is 1. The van der Waals surface area contributed by atoms with Crippen molar-refractivity contribution in [2.24, 2.45) is 0 Å². The first-order chi connectivity index (χ1) is 8.38. The Morgan fingerprint density at radius 3 is 2.67 bits per heavy atom. The number of halogens is 1. The summed E-state index contributed by atoms with van der Waals surface area (Å²) in [4.78, 5) is 24.2. The average molecular weight is 273 g/mol. The molecule has 0 aliphatic carbocycles. The van der Waals surface area contributed by atoms with Crippen molar-refractivity contribution < 1.29 is 19.1 Å². The maximum atomic E-state index is 11.7. The smallest absolute Gasteiger partial charge is 0.407 e. The normalized spacial score (nSPS) is 10.0. The summed E-state index contributed by atoms with van der Waals surface area (Å²) < 4.78 is 5.08. The topological polar surface area (TPSA) is 73.5 Å². The van der Waals surface area contributed by atoms with Crippen LogP contribution in [0.25, 0.3) is 0 Å². The van der Waals surface area contributed by atoms with Crippen LogP contribution in [-0.2, 0) is 9.53 Å². The number of carbonyl (C=O) groups is 2. The fraction of sp³-hybridized carbons (Fsp3) is 0.364. The second-order valence-electron chi connectivity index (χ2n) is 3.52. The molecule has 1 aromatic heterocycles. The maximum absolute atomic E-state index is 11.7. The Bertz CT molecular complexity index is 490. The highest BCUT2D eigenvalue weighted by atomic mass is 35.5. The standard InChI is InChI=1S/C11H13ClN2O4/c1-4-18-11(16)10-9(13(3)7(2)15)5-8(12)6-14(10)17/h5-6H,4H2,1-3H3. The molecule has 7 heteroatoms. The number of ether oxygens (including phenoxy) is 1. The number of amides is 1. The van der Waals surface area contributed by atoms with Crippen molar-refractivity contribution >= 4 is 29.2 Å². The zero-order valence-electron chi connectivity index (χ0n) is 10.3. The molecule has 0 N–H and O–H groups in total. The summed E-state index contributed by atoms with van der Waals surface area (Å²) in [5, 5.41) is 11.8. The Labute approximate surface area is 109 Å². The van der Waals surface area contributed by atoms with E-state index < -0.39 is 5.97 Å². The van der Waals surface area contributed by atoms with Crippen LogP contribution in [0, 0.1) is 5.21 Å². The van der Waals surface area contributed by atoms with Crippen molar-refractivity contribution in [1.82, 2.24) is 0 Å². The van der Waals surface area contributed by atoms with E-state index in [2.05, 4.69) is 0 Å².